The van der Waals surface area contributed by atoms with Crippen LogP contribution in [0, 0.1) is 18.6 Å². The topological polar surface area (TPSA) is 58.6 Å². The van der Waals surface area contributed by atoms with Gasteiger partial charge in [-0.15, -0.1) is 0 Å². The van der Waals surface area contributed by atoms with Crippen molar-refractivity contribution in [2.75, 3.05) is 23.9 Å². The number of carbonyl (C=O) groups excluding carboxylic acids is 2. The fourth-order valence-electron chi connectivity index (χ4n) is 2.30. The Morgan fingerprint density at radius 3 is 2.48 bits per heavy atom. The van der Waals surface area contributed by atoms with Gasteiger partial charge in [0.1, 0.15) is 23.9 Å². The van der Waals surface area contributed by atoms with Gasteiger partial charge in [-0.25, -0.2) is 8.78 Å². The zero-order chi connectivity index (χ0) is 18.6. The maximum atomic E-state index is 13.6. The van der Waals surface area contributed by atoms with Crippen molar-refractivity contribution < 1.29 is 23.1 Å². The molecule has 0 unspecified atom stereocenters. The second-order valence-corrected chi connectivity index (χ2v) is 5.45. The normalized spacial score (nSPS) is 10.3. The first-order chi connectivity index (χ1) is 11.8. The summed E-state index contributed by atoms with van der Waals surface area (Å²) in [7, 11) is 1.46. The van der Waals surface area contributed by atoms with Crippen molar-refractivity contribution in [2.45, 2.75) is 13.8 Å². The highest BCUT2D eigenvalue weighted by Crippen LogP contribution is 2.29. The second kappa shape index (κ2) is 7.74. The molecule has 0 spiro atoms. The lowest BCUT2D eigenvalue weighted by Gasteiger charge is -2.23. The summed E-state index contributed by atoms with van der Waals surface area (Å²) in [5.41, 5.74) is 1.16. The fraction of sp³-hybridized carbons (Fsp3) is 0.222. The van der Waals surface area contributed by atoms with Crippen LogP contribution in [0.4, 0.5) is 20.2 Å². The third-order valence-corrected chi connectivity index (χ3v) is 3.51. The van der Waals surface area contributed by atoms with Gasteiger partial charge in [-0.05, 0) is 36.8 Å². The second-order valence-electron chi connectivity index (χ2n) is 5.45. The van der Waals surface area contributed by atoms with Crippen molar-refractivity contribution in [1.29, 1.82) is 0 Å². The number of amides is 2. The Balaban J connectivity index is 2.23. The quantitative estimate of drug-likeness (QED) is 0.902. The van der Waals surface area contributed by atoms with Crippen LogP contribution in [0.25, 0.3) is 0 Å². The van der Waals surface area contributed by atoms with Gasteiger partial charge < -0.3 is 10.1 Å². The molecule has 2 rings (SSSR count). The number of methoxy groups -OCH3 is 1. The summed E-state index contributed by atoms with van der Waals surface area (Å²) in [6, 6.07) is 8.04. The molecule has 0 saturated carbocycles. The zero-order valence-electron chi connectivity index (χ0n) is 14.1. The Bertz CT molecular complexity index is 809. The van der Waals surface area contributed by atoms with Crippen molar-refractivity contribution in [3.8, 4) is 5.75 Å². The van der Waals surface area contributed by atoms with Crippen molar-refractivity contribution in [3.63, 3.8) is 0 Å². The number of anilines is 2. The van der Waals surface area contributed by atoms with E-state index in [1.54, 1.807) is 12.1 Å². The predicted octanol–water partition coefficient (Wildman–Crippen LogP) is 3.27. The number of hydrogen-bond donors (Lipinski definition) is 1. The molecule has 0 saturated heterocycles. The highest BCUT2D eigenvalue weighted by Gasteiger charge is 2.20. The summed E-state index contributed by atoms with van der Waals surface area (Å²) in [5.74, 6) is -2.20. The van der Waals surface area contributed by atoms with Crippen LogP contribution in [-0.4, -0.2) is 25.5 Å². The van der Waals surface area contributed by atoms with Crippen LogP contribution in [0.2, 0.25) is 0 Å². The van der Waals surface area contributed by atoms with Gasteiger partial charge in [0.15, 0.2) is 0 Å². The van der Waals surface area contributed by atoms with Gasteiger partial charge in [0.05, 0.1) is 18.5 Å². The van der Waals surface area contributed by atoms with E-state index in [1.165, 1.54) is 18.9 Å². The van der Waals surface area contributed by atoms with Gasteiger partial charge in [-0.1, -0.05) is 6.07 Å². The number of benzene rings is 2. The van der Waals surface area contributed by atoms with Crippen LogP contribution in [0.3, 0.4) is 0 Å². The van der Waals surface area contributed by atoms with Crippen molar-refractivity contribution in [3.05, 3.63) is 53.6 Å². The first kappa shape index (κ1) is 18.4. The van der Waals surface area contributed by atoms with Gasteiger partial charge >= 0.3 is 0 Å². The van der Waals surface area contributed by atoms with E-state index in [2.05, 4.69) is 5.32 Å². The summed E-state index contributed by atoms with van der Waals surface area (Å²) in [6.07, 6.45) is 0. The molecule has 2 aromatic carbocycles. The summed E-state index contributed by atoms with van der Waals surface area (Å²) in [5, 5.41) is 2.33. The number of nitrogens with zero attached hydrogens (tertiary/aromatic N) is 1. The van der Waals surface area contributed by atoms with Gasteiger partial charge in [-0.2, -0.15) is 0 Å². The Hall–Kier alpha value is -2.96. The Morgan fingerprint density at radius 1 is 1.16 bits per heavy atom. The third kappa shape index (κ3) is 4.53. The Labute approximate surface area is 144 Å². The molecule has 2 aromatic rings. The molecule has 0 aliphatic heterocycles. The molecule has 5 nitrogen and oxygen atoms in total. The molecule has 0 aliphatic carbocycles. The number of carbonyl (C=O) groups is 2. The molecule has 0 heterocycles. The predicted molar refractivity (Wildman–Crippen MR) is 90.7 cm³/mol. The summed E-state index contributed by atoms with van der Waals surface area (Å²) in [4.78, 5) is 25.4. The number of ether oxygens (including phenoxy) is 1. The summed E-state index contributed by atoms with van der Waals surface area (Å²) in [6.45, 7) is 2.81. The standard InChI is InChI=1S/C18H18F2N2O3/c1-11-4-7-17(25-3)16(8-11)22(12(2)23)10-18(24)21-15-6-5-13(19)9-14(15)20/h4-9H,10H2,1-3H3,(H,21,24). The maximum absolute atomic E-state index is 13.6. The van der Waals surface area contributed by atoms with E-state index in [1.807, 2.05) is 13.0 Å². The molecule has 0 aliphatic rings. The molecular formula is C18H18F2N2O3. The van der Waals surface area contributed by atoms with E-state index in [9.17, 15) is 18.4 Å². The van der Waals surface area contributed by atoms with Crippen molar-refractivity contribution >= 4 is 23.2 Å². The average molecular weight is 348 g/mol. The summed E-state index contributed by atoms with van der Waals surface area (Å²) < 4.78 is 31.8. The van der Waals surface area contributed by atoms with E-state index < -0.39 is 17.5 Å². The molecule has 0 fully saturated rings. The summed E-state index contributed by atoms with van der Waals surface area (Å²) >= 11 is 0. The first-order valence-corrected chi connectivity index (χ1v) is 7.49. The van der Waals surface area contributed by atoms with Gasteiger partial charge in [0, 0.05) is 13.0 Å². The molecule has 132 valence electrons. The van der Waals surface area contributed by atoms with E-state index in [0.717, 1.165) is 17.7 Å². The lowest BCUT2D eigenvalue weighted by molar-refractivity contribution is -0.120. The van der Waals surface area contributed by atoms with Crippen LogP contribution in [0.15, 0.2) is 36.4 Å². The monoisotopic (exact) mass is 348 g/mol. The number of aryl methyl sites for hydroxylation is 1. The van der Waals surface area contributed by atoms with Crippen molar-refractivity contribution in [2.24, 2.45) is 0 Å². The van der Waals surface area contributed by atoms with E-state index >= 15 is 0 Å². The Kier molecular flexibility index (Phi) is 5.69. The SMILES string of the molecule is COc1ccc(C)cc1N(CC(=O)Nc1ccc(F)cc1F)C(C)=O. The van der Waals surface area contributed by atoms with Gasteiger partial charge in [0.25, 0.3) is 0 Å². The molecule has 1 N–H and O–H groups in total. The molecule has 0 atom stereocenters. The minimum Gasteiger partial charge on any atom is -0.495 e. The van der Waals surface area contributed by atoms with Gasteiger partial charge in [0.2, 0.25) is 11.8 Å². The average Bonchev–Trinajstić information content (AvgIpc) is 2.55. The Morgan fingerprint density at radius 2 is 1.88 bits per heavy atom. The number of rotatable bonds is 5. The van der Waals surface area contributed by atoms with E-state index in [0.29, 0.717) is 17.5 Å². The highest BCUT2D eigenvalue weighted by atomic mass is 19.1. The minimum atomic E-state index is -0.893. The zero-order valence-corrected chi connectivity index (χ0v) is 14.1. The number of hydrogen-bond acceptors (Lipinski definition) is 3. The molecule has 2 amide bonds. The highest BCUT2D eigenvalue weighted by molar-refractivity contribution is 6.02. The maximum Gasteiger partial charge on any atom is 0.244 e. The van der Waals surface area contributed by atoms with Crippen LogP contribution in [-0.2, 0) is 9.59 Å². The smallest absolute Gasteiger partial charge is 0.244 e. The van der Waals surface area contributed by atoms with Crippen molar-refractivity contribution in [1.82, 2.24) is 0 Å². The van der Waals surface area contributed by atoms with E-state index in [-0.39, 0.29) is 18.1 Å². The van der Waals surface area contributed by atoms with Crippen LogP contribution in [0.5, 0.6) is 5.75 Å². The van der Waals surface area contributed by atoms with E-state index in [4.69, 9.17) is 4.74 Å². The first-order valence-electron chi connectivity index (χ1n) is 7.49. The van der Waals surface area contributed by atoms with Gasteiger partial charge in [-0.3, -0.25) is 14.5 Å². The fourth-order valence-corrected chi connectivity index (χ4v) is 2.30. The minimum absolute atomic E-state index is 0.161. The molecule has 7 heteroatoms. The van der Waals surface area contributed by atoms with Crippen LogP contribution < -0.4 is 15.0 Å². The molecule has 0 radical (unpaired) electrons. The van der Waals surface area contributed by atoms with Crippen LogP contribution >= 0.6 is 0 Å². The van der Waals surface area contributed by atoms with Crippen LogP contribution in [0.1, 0.15) is 12.5 Å². The molecule has 0 aromatic heterocycles. The largest absolute Gasteiger partial charge is 0.495 e. The number of nitrogens with one attached hydrogen (secondary N) is 1. The lowest BCUT2D eigenvalue weighted by atomic mass is 10.2. The molecule has 25 heavy (non-hydrogen) atoms. The lowest BCUT2D eigenvalue weighted by Crippen LogP contribution is -2.37. The molecular weight excluding hydrogens is 330 g/mol. The number of halogens is 2. The molecule has 0 bridgehead atoms. The third-order valence-electron chi connectivity index (χ3n) is 3.51.